The first-order valence-corrected chi connectivity index (χ1v) is 17.6. The number of para-hydroxylation sites is 2. The summed E-state index contributed by atoms with van der Waals surface area (Å²) in [6.07, 6.45) is 3.99. The van der Waals surface area contributed by atoms with E-state index in [4.69, 9.17) is 18.9 Å². The van der Waals surface area contributed by atoms with E-state index in [1.165, 1.54) is 36.4 Å². The first-order chi connectivity index (χ1) is 28.0. The van der Waals surface area contributed by atoms with Gasteiger partial charge in [-0.2, -0.15) is 0 Å². The fraction of sp³-hybridized carbons (Fsp3) is 0.150. The number of benzene rings is 4. The molecule has 0 bridgehead atoms. The molecular formula is C40H30N6O12. The van der Waals surface area contributed by atoms with Crippen molar-refractivity contribution in [1.82, 2.24) is 9.97 Å². The van der Waals surface area contributed by atoms with Crippen LogP contribution in [0.5, 0.6) is 34.8 Å². The predicted octanol–water partition coefficient (Wildman–Crippen LogP) is 9.51. The van der Waals surface area contributed by atoms with E-state index in [0.717, 1.165) is 23.5 Å². The zero-order valence-corrected chi connectivity index (χ0v) is 30.1. The van der Waals surface area contributed by atoms with Gasteiger partial charge in [0.2, 0.25) is 11.8 Å². The topological polar surface area (TPSA) is 235 Å². The lowest BCUT2D eigenvalue weighted by Gasteiger charge is -2.26. The molecule has 58 heavy (non-hydrogen) atoms. The Morgan fingerprint density at radius 3 is 1.29 bits per heavy atom. The number of rotatable bonds is 10. The van der Waals surface area contributed by atoms with Crippen molar-refractivity contribution in [3.8, 4) is 34.8 Å². The second kappa shape index (κ2) is 16.8. The van der Waals surface area contributed by atoms with E-state index >= 15 is 0 Å². The maximum absolute atomic E-state index is 11.3. The molecule has 8 rings (SSSR count). The Morgan fingerprint density at radius 1 is 0.517 bits per heavy atom. The molecule has 2 aliphatic rings. The minimum Gasteiger partial charge on any atom is -0.485 e. The number of ether oxygens (including phenoxy) is 4. The molecule has 0 spiro atoms. The first-order valence-electron chi connectivity index (χ1n) is 17.6. The normalized spacial score (nSPS) is 15.1. The molecule has 0 aliphatic carbocycles. The first kappa shape index (κ1) is 38.3. The summed E-state index contributed by atoms with van der Waals surface area (Å²) in [7, 11) is 0. The smallest absolute Gasteiger partial charge is 0.287 e. The highest BCUT2D eigenvalue weighted by Gasteiger charge is 2.29. The molecular weight excluding hydrogens is 756 g/mol. The van der Waals surface area contributed by atoms with E-state index in [9.17, 15) is 40.5 Å². The molecule has 4 heterocycles. The largest absolute Gasteiger partial charge is 0.485 e. The van der Waals surface area contributed by atoms with Crippen molar-refractivity contribution >= 4 is 22.7 Å². The van der Waals surface area contributed by atoms with Crippen LogP contribution in [0.25, 0.3) is 0 Å². The van der Waals surface area contributed by atoms with Crippen LogP contribution in [0.3, 0.4) is 0 Å². The van der Waals surface area contributed by atoms with Gasteiger partial charge in [-0.15, -0.1) is 0 Å². The average molecular weight is 787 g/mol. The lowest BCUT2D eigenvalue weighted by molar-refractivity contribution is -0.386. The highest BCUT2D eigenvalue weighted by Crippen LogP contribution is 2.41. The van der Waals surface area contributed by atoms with E-state index in [1.807, 2.05) is 12.1 Å². The SMILES string of the molecule is O=[N+]([O-])c1ccc(Oc2ccc3c(c2)CCC(c2ccccc2[N+](=O)[O-])O3)nc1.O=[N+]([O-])c1ccc(Oc2ccc3c(c2)CCC(c2ccccc2[N+](=O)[O-])O3)nc1. The highest BCUT2D eigenvalue weighted by molar-refractivity contribution is 5.48. The molecule has 0 amide bonds. The molecule has 2 atom stereocenters. The molecule has 2 unspecified atom stereocenters. The number of hydrogen-bond donors (Lipinski definition) is 0. The van der Waals surface area contributed by atoms with Crippen molar-refractivity contribution in [3.63, 3.8) is 0 Å². The summed E-state index contributed by atoms with van der Waals surface area (Å²) in [5, 5.41) is 43.9. The van der Waals surface area contributed by atoms with Crippen LogP contribution in [-0.4, -0.2) is 29.7 Å². The van der Waals surface area contributed by atoms with Gasteiger partial charge in [-0.1, -0.05) is 24.3 Å². The maximum atomic E-state index is 11.3. The summed E-state index contributed by atoms with van der Waals surface area (Å²) in [6.45, 7) is 0. The van der Waals surface area contributed by atoms with Gasteiger partial charge in [0.15, 0.2) is 0 Å². The molecule has 0 radical (unpaired) electrons. The summed E-state index contributed by atoms with van der Waals surface area (Å²) in [5.41, 5.74) is 2.81. The number of fused-ring (bicyclic) bond motifs is 2. The van der Waals surface area contributed by atoms with Crippen LogP contribution in [0.2, 0.25) is 0 Å². The van der Waals surface area contributed by atoms with Crippen LogP contribution in [0.4, 0.5) is 22.7 Å². The zero-order valence-electron chi connectivity index (χ0n) is 30.1. The summed E-state index contributed by atoms with van der Waals surface area (Å²) in [4.78, 5) is 49.9. The van der Waals surface area contributed by atoms with Crippen LogP contribution in [0.1, 0.15) is 47.3 Å². The monoisotopic (exact) mass is 786 g/mol. The van der Waals surface area contributed by atoms with Crippen molar-refractivity contribution in [1.29, 1.82) is 0 Å². The number of aromatic nitrogens is 2. The minimum absolute atomic E-state index is 0.0464. The van der Waals surface area contributed by atoms with Gasteiger partial charge in [0.05, 0.1) is 30.8 Å². The van der Waals surface area contributed by atoms with Gasteiger partial charge in [0.25, 0.3) is 22.7 Å². The molecule has 0 fully saturated rings. The molecule has 18 heteroatoms. The Kier molecular flexibility index (Phi) is 11.1. The van der Waals surface area contributed by atoms with Gasteiger partial charge in [-0.3, -0.25) is 40.5 Å². The highest BCUT2D eigenvalue weighted by atomic mass is 16.6. The summed E-state index contributed by atoms with van der Waals surface area (Å²) in [6, 6.07) is 29.2. The van der Waals surface area contributed by atoms with Crippen LogP contribution < -0.4 is 18.9 Å². The Morgan fingerprint density at radius 2 is 0.931 bits per heavy atom. The fourth-order valence-corrected chi connectivity index (χ4v) is 6.47. The number of pyridine rings is 2. The van der Waals surface area contributed by atoms with Crippen LogP contribution in [0, 0.1) is 40.5 Å². The molecule has 292 valence electrons. The van der Waals surface area contributed by atoms with Crippen LogP contribution >= 0.6 is 0 Å². The third-order valence-corrected chi connectivity index (χ3v) is 9.22. The Labute approximate surface area is 327 Å². The van der Waals surface area contributed by atoms with E-state index in [1.54, 1.807) is 60.7 Å². The summed E-state index contributed by atoms with van der Waals surface area (Å²) in [5.74, 6) is 2.82. The Bertz CT molecular complexity index is 2340. The number of nitro benzene ring substituents is 2. The summed E-state index contributed by atoms with van der Waals surface area (Å²) < 4.78 is 23.3. The molecule has 0 N–H and O–H groups in total. The maximum Gasteiger partial charge on any atom is 0.287 e. The van der Waals surface area contributed by atoms with Gasteiger partial charge in [-0.25, -0.2) is 9.97 Å². The minimum atomic E-state index is -0.527. The number of aryl methyl sites for hydroxylation is 2. The number of hydrogen-bond acceptors (Lipinski definition) is 14. The predicted molar refractivity (Wildman–Crippen MR) is 204 cm³/mol. The van der Waals surface area contributed by atoms with Crippen LogP contribution in [-0.2, 0) is 12.8 Å². The van der Waals surface area contributed by atoms with E-state index in [2.05, 4.69) is 9.97 Å². The summed E-state index contributed by atoms with van der Waals surface area (Å²) >= 11 is 0. The lowest BCUT2D eigenvalue weighted by atomic mass is 9.96. The number of nitro groups is 4. The Hall–Kier alpha value is -8.02. The molecule has 6 aromatic rings. The van der Waals surface area contributed by atoms with Gasteiger partial charge in [0.1, 0.15) is 47.6 Å². The molecule has 2 aromatic heterocycles. The van der Waals surface area contributed by atoms with Gasteiger partial charge in [0, 0.05) is 36.4 Å². The van der Waals surface area contributed by atoms with E-state index in [-0.39, 0.29) is 34.5 Å². The van der Waals surface area contributed by atoms with E-state index in [0.29, 0.717) is 59.8 Å². The third kappa shape index (κ3) is 8.76. The average Bonchev–Trinajstić information content (AvgIpc) is 3.24. The van der Waals surface area contributed by atoms with Crippen molar-refractivity contribution in [3.05, 3.63) is 184 Å². The quantitative estimate of drug-likeness (QED) is 0.0928. The van der Waals surface area contributed by atoms with E-state index < -0.39 is 31.9 Å². The molecule has 0 saturated carbocycles. The van der Waals surface area contributed by atoms with Gasteiger partial charge >= 0.3 is 0 Å². The molecule has 4 aromatic carbocycles. The third-order valence-electron chi connectivity index (χ3n) is 9.22. The van der Waals surface area contributed by atoms with Crippen molar-refractivity contribution in [2.24, 2.45) is 0 Å². The number of nitrogens with zero attached hydrogens (tertiary/aromatic N) is 6. The fourth-order valence-electron chi connectivity index (χ4n) is 6.47. The van der Waals surface area contributed by atoms with Crippen LogP contribution in [0.15, 0.2) is 122 Å². The van der Waals surface area contributed by atoms with Crippen molar-refractivity contribution in [2.75, 3.05) is 0 Å². The molecule has 0 saturated heterocycles. The standard InChI is InChI=1S/2C20H15N3O6/c2*24-22(25)14-6-10-20(21-12-14)28-15-7-9-18-13(11-15)5-8-19(29-18)16-3-1-2-4-17(16)23(26)27/h2*1-4,6-7,9-12,19H,5,8H2. The second-order valence-corrected chi connectivity index (χ2v) is 12.9. The molecule has 2 aliphatic heterocycles. The van der Waals surface area contributed by atoms with Crippen molar-refractivity contribution in [2.45, 2.75) is 37.9 Å². The zero-order chi connectivity index (χ0) is 40.8. The second-order valence-electron chi connectivity index (χ2n) is 12.9. The Balaban J connectivity index is 0.000000177. The van der Waals surface area contributed by atoms with Gasteiger partial charge < -0.3 is 18.9 Å². The molecule has 18 nitrogen and oxygen atoms in total. The lowest BCUT2D eigenvalue weighted by Crippen LogP contribution is -2.16. The van der Waals surface area contributed by atoms with Crippen molar-refractivity contribution < 1.29 is 38.6 Å². The van der Waals surface area contributed by atoms with Gasteiger partial charge in [-0.05, 0) is 85.3 Å².